The lowest BCUT2D eigenvalue weighted by Crippen LogP contribution is -2.20. The maximum Gasteiger partial charge on any atom is 0.283 e. The van der Waals surface area contributed by atoms with Crippen LogP contribution >= 0.6 is 0 Å². The van der Waals surface area contributed by atoms with E-state index in [-0.39, 0.29) is 22.4 Å². The summed E-state index contributed by atoms with van der Waals surface area (Å²) in [5.74, 6) is 0.855. The number of benzene rings is 4. The molecule has 6 N–H and O–H groups in total. The van der Waals surface area contributed by atoms with Crippen molar-refractivity contribution in [2.24, 2.45) is 0 Å². The van der Waals surface area contributed by atoms with Gasteiger partial charge in [0.05, 0.1) is 50.0 Å². The first-order valence-electron chi connectivity index (χ1n) is 15.6. The molecule has 10 nitrogen and oxygen atoms in total. The topological polar surface area (TPSA) is 165 Å². The molecule has 7 aromatic rings. The zero-order valence-electron chi connectivity index (χ0n) is 25.8. The van der Waals surface area contributed by atoms with Gasteiger partial charge in [-0.3, -0.25) is 14.8 Å². The number of nitrogen functional groups attached to an aromatic ring is 2. The Morgan fingerprint density at radius 1 is 0.735 bits per heavy atom. The van der Waals surface area contributed by atoms with Gasteiger partial charge in [0, 0.05) is 11.1 Å². The highest BCUT2D eigenvalue weighted by atomic mass is 16.3. The maximum absolute atomic E-state index is 14.2. The van der Waals surface area contributed by atoms with Crippen molar-refractivity contribution in [3.63, 3.8) is 0 Å². The van der Waals surface area contributed by atoms with Gasteiger partial charge in [0.2, 0.25) is 5.55 Å². The smallest absolute Gasteiger partial charge is 0.283 e. The van der Waals surface area contributed by atoms with Gasteiger partial charge in [0.25, 0.3) is 5.56 Å². The summed E-state index contributed by atoms with van der Waals surface area (Å²) in [7, 11) is 0. The van der Waals surface area contributed by atoms with Gasteiger partial charge < -0.3 is 20.9 Å². The van der Waals surface area contributed by atoms with E-state index in [1.807, 2.05) is 126 Å². The number of H-pyrrole nitrogens is 1. The van der Waals surface area contributed by atoms with Crippen LogP contribution in [0.5, 0.6) is 0 Å². The van der Waals surface area contributed by atoms with Crippen LogP contribution in [0.25, 0.3) is 83.8 Å². The van der Waals surface area contributed by atoms with Crippen LogP contribution < -0.4 is 22.6 Å². The summed E-state index contributed by atoms with van der Waals surface area (Å²) in [4.78, 5) is 31.8. The van der Waals surface area contributed by atoms with Crippen LogP contribution in [-0.2, 0) is 0 Å². The Hall–Kier alpha value is -7.07. The van der Waals surface area contributed by atoms with E-state index in [0.717, 1.165) is 33.2 Å². The molecule has 234 valence electrons. The molecule has 0 atom stereocenters. The minimum Gasteiger partial charge on any atom is -0.438 e. The monoisotopic (exact) mass is 638 g/mol. The van der Waals surface area contributed by atoms with Crippen molar-refractivity contribution in [2.45, 2.75) is 0 Å². The predicted molar refractivity (Wildman–Crippen MR) is 192 cm³/mol. The third kappa shape index (κ3) is 4.39. The molecular weight excluding hydrogens is 612 g/mol. The second-order valence-corrected chi connectivity index (χ2v) is 11.7. The number of imidazole rings is 1. The second kappa shape index (κ2) is 10.7. The van der Waals surface area contributed by atoms with Crippen LogP contribution in [0.3, 0.4) is 0 Å². The SMILES string of the molecule is N=c1oc2ccccc2cc1-c1cc(-c2ccccc2)c2c3nc(N)c(-c4nc5ccccc5[nH]4)c(N)c3c(=O)nc-2n1-c1ccccc1. The third-order valence-corrected chi connectivity index (χ3v) is 8.83. The molecule has 4 aromatic carbocycles. The molecular formula is C39H26N8O2. The van der Waals surface area contributed by atoms with Crippen molar-refractivity contribution in [2.75, 3.05) is 11.5 Å². The van der Waals surface area contributed by atoms with Crippen LogP contribution in [0, 0.1) is 5.41 Å². The van der Waals surface area contributed by atoms with E-state index in [1.54, 1.807) is 0 Å². The number of nitrogens with zero attached hydrogens (tertiary/aromatic N) is 4. The number of nitrogens with one attached hydrogen (secondary N) is 2. The fourth-order valence-electron chi connectivity index (χ4n) is 6.60. The van der Waals surface area contributed by atoms with Crippen LogP contribution in [0.1, 0.15) is 0 Å². The molecule has 10 heteroatoms. The minimum atomic E-state index is -0.569. The number of aromatic nitrogens is 5. The van der Waals surface area contributed by atoms with Crippen molar-refractivity contribution in [3.05, 3.63) is 137 Å². The fraction of sp³-hybridized carbons (Fsp3) is 0. The molecule has 2 aliphatic rings. The fourth-order valence-corrected chi connectivity index (χ4v) is 6.60. The van der Waals surface area contributed by atoms with Gasteiger partial charge in [0.1, 0.15) is 17.2 Å². The Labute approximate surface area is 277 Å². The van der Waals surface area contributed by atoms with Gasteiger partial charge in [-0.2, -0.15) is 4.98 Å². The lowest BCUT2D eigenvalue weighted by atomic mass is 9.93. The van der Waals surface area contributed by atoms with E-state index in [9.17, 15) is 4.79 Å². The summed E-state index contributed by atoms with van der Waals surface area (Å²) in [5.41, 5.74) is 19.8. The zero-order chi connectivity index (χ0) is 33.2. The molecule has 0 aliphatic carbocycles. The van der Waals surface area contributed by atoms with Gasteiger partial charge >= 0.3 is 0 Å². The standard InChI is InChI=1S/C39H26N8O2/c40-33-31-34(45-35(41)32(33)37-43-26-16-8-9-17-27(26)44-37)30-24(21-11-3-1-4-12-21)20-28(25-19-22-13-7-10-18-29(22)49-36(25)42)47(38(30)46-39(31)48)23-14-5-2-6-15-23/h1-20,42H,(H,43,44)(H4,40,41,45). The first-order valence-corrected chi connectivity index (χ1v) is 15.6. The molecule has 9 rings (SSSR count). The maximum atomic E-state index is 14.2. The Morgan fingerprint density at radius 2 is 1.45 bits per heavy atom. The van der Waals surface area contributed by atoms with E-state index >= 15 is 0 Å². The van der Waals surface area contributed by atoms with Crippen LogP contribution in [-0.4, -0.2) is 24.5 Å². The molecule has 0 unspecified atom stereocenters. The van der Waals surface area contributed by atoms with E-state index in [1.165, 1.54) is 0 Å². The summed E-state index contributed by atoms with van der Waals surface area (Å²) in [6.07, 6.45) is 0. The van der Waals surface area contributed by atoms with Crippen molar-refractivity contribution in [1.82, 2.24) is 24.5 Å². The van der Waals surface area contributed by atoms with Gasteiger partial charge in [0.15, 0.2) is 5.82 Å². The lowest BCUT2D eigenvalue weighted by molar-refractivity contribution is 0.535. The van der Waals surface area contributed by atoms with Crippen molar-refractivity contribution < 1.29 is 4.42 Å². The summed E-state index contributed by atoms with van der Waals surface area (Å²) in [6, 6.07) is 38.4. The Balaban J connectivity index is 1.45. The first kappa shape index (κ1) is 28.2. The summed E-state index contributed by atoms with van der Waals surface area (Å²) < 4.78 is 7.88. The van der Waals surface area contributed by atoms with E-state index < -0.39 is 5.56 Å². The molecule has 49 heavy (non-hydrogen) atoms. The van der Waals surface area contributed by atoms with Gasteiger partial charge in [-0.15, -0.1) is 0 Å². The van der Waals surface area contributed by atoms with Crippen molar-refractivity contribution in [1.29, 1.82) is 5.41 Å². The first-order chi connectivity index (χ1) is 24.0. The van der Waals surface area contributed by atoms with Gasteiger partial charge in [-0.05, 0) is 53.6 Å². The Morgan fingerprint density at radius 3 is 2.24 bits per heavy atom. The largest absolute Gasteiger partial charge is 0.438 e. The highest BCUT2D eigenvalue weighted by Gasteiger charge is 2.29. The minimum absolute atomic E-state index is 0.0352. The van der Waals surface area contributed by atoms with Crippen molar-refractivity contribution >= 4 is 44.4 Å². The van der Waals surface area contributed by atoms with Gasteiger partial charge in [-0.1, -0.05) is 78.9 Å². The second-order valence-electron chi connectivity index (χ2n) is 11.7. The summed E-state index contributed by atoms with van der Waals surface area (Å²) >= 11 is 0. The molecule has 0 saturated carbocycles. The molecule has 2 aliphatic heterocycles. The van der Waals surface area contributed by atoms with E-state index in [4.69, 9.17) is 31.3 Å². The molecule has 0 bridgehead atoms. The van der Waals surface area contributed by atoms with Gasteiger partial charge in [-0.25, -0.2) is 9.97 Å². The lowest BCUT2D eigenvalue weighted by Gasteiger charge is -2.24. The normalized spacial score (nSPS) is 11.6. The zero-order valence-corrected chi connectivity index (χ0v) is 25.8. The number of pyridine rings is 3. The van der Waals surface area contributed by atoms with Crippen LogP contribution in [0.4, 0.5) is 11.5 Å². The third-order valence-electron chi connectivity index (χ3n) is 8.83. The highest BCUT2D eigenvalue weighted by Crippen LogP contribution is 2.44. The molecule has 5 heterocycles. The summed E-state index contributed by atoms with van der Waals surface area (Å²) in [6.45, 7) is 0. The summed E-state index contributed by atoms with van der Waals surface area (Å²) in [5, 5.41) is 9.96. The van der Waals surface area contributed by atoms with Crippen LogP contribution in [0.2, 0.25) is 0 Å². The number of hydrogen-bond donors (Lipinski definition) is 4. The number of hydrogen-bond acceptors (Lipinski definition) is 8. The van der Waals surface area contributed by atoms with E-state index in [2.05, 4.69) is 9.97 Å². The molecule has 0 saturated heterocycles. The Kier molecular flexibility index (Phi) is 6.18. The number of fused-ring (bicyclic) bond motifs is 5. The quantitative estimate of drug-likeness (QED) is 0.149. The van der Waals surface area contributed by atoms with Crippen LogP contribution in [0.15, 0.2) is 131 Å². The molecule has 0 fully saturated rings. The number of para-hydroxylation sites is 4. The average molecular weight is 639 g/mol. The molecule has 0 spiro atoms. The number of rotatable bonds is 4. The van der Waals surface area contributed by atoms with E-state index in [0.29, 0.717) is 45.1 Å². The number of aromatic amines is 1. The highest BCUT2D eigenvalue weighted by molar-refractivity contribution is 6.10. The molecule has 0 radical (unpaired) electrons. The molecule has 0 amide bonds. The molecule has 3 aromatic heterocycles. The van der Waals surface area contributed by atoms with Crippen molar-refractivity contribution in [3.8, 4) is 50.8 Å². The Bertz CT molecular complexity index is 2810. The predicted octanol–water partition coefficient (Wildman–Crippen LogP) is 7.15. The number of nitrogens with two attached hydrogens (primary N) is 2. The average Bonchev–Trinajstić information content (AvgIpc) is 3.55. The number of anilines is 2.